The van der Waals surface area contributed by atoms with Crippen LogP contribution < -0.4 is 0 Å². The van der Waals surface area contributed by atoms with Crippen molar-refractivity contribution < 1.29 is 4.79 Å². The Kier molecular flexibility index (Phi) is 4.35. The van der Waals surface area contributed by atoms with Crippen LogP contribution in [-0.2, 0) is 24.9 Å². The lowest BCUT2D eigenvalue weighted by molar-refractivity contribution is -0.131. The molecule has 8 heteroatoms. The molecule has 2 rings (SSSR count). The lowest BCUT2D eigenvalue weighted by atomic mass is 10.3. The highest BCUT2D eigenvalue weighted by Crippen LogP contribution is 2.16. The Morgan fingerprint density at radius 3 is 2.45 bits per heavy atom. The molecule has 0 aromatic carbocycles. The predicted molar refractivity (Wildman–Crippen MR) is 76.7 cm³/mol. The van der Waals surface area contributed by atoms with Gasteiger partial charge >= 0.3 is 0 Å². The molecule has 6 nitrogen and oxygen atoms in total. The van der Waals surface area contributed by atoms with Crippen molar-refractivity contribution in [2.24, 2.45) is 7.05 Å². The number of halogens is 2. The fourth-order valence-corrected chi connectivity index (χ4v) is 2.13. The van der Waals surface area contributed by atoms with Gasteiger partial charge in [0.25, 0.3) is 0 Å². The molecule has 0 aliphatic rings. The predicted octanol–water partition coefficient (Wildman–Crippen LogP) is 1.89. The van der Waals surface area contributed by atoms with Crippen molar-refractivity contribution in [3.63, 3.8) is 0 Å². The van der Waals surface area contributed by atoms with Gasteiger partial charge in [0.05, 0.1) is 40.4 Å². The maximum absolute atomic E-state index is 12.2. The average Bonchev–Trinajstić information content (AvgIpc) is 2.88. The van der Waals surface area contributed by atoms with Gasteiger partial charge in [0.2, 0.25) is 5.91 Å². The number of carbonyl (C=O) groups is 1. The molecular weight excluding hydrogens is 301 g/mol. The Balaban J connectivity index is 2.04. The molecule has 0 spiro atoms. The summed E-state index contributed by atoms with van der Waals surface area (Å²) in [5.41, 5.74) is 1.56. The summed E-state index contributed by atoms with van der Waals surface area (Å²) < 4.78 is 3.23. The van der Waals surface area contributed by atoms with Crippen molar-refractivity contribution in [3.05, 3.63) is 33.8 Å². The molecule has 0 fully saturated rings. The Bertz CT molecular complexity index is 614. The van der Waals surface area contributed by atoms with Gasteiger partial charge in [-0.1, -0.05) is 23.2 Å². The van der Waals surface area contributed by atoms with E-state index in [2.05, 4.69) is 10.2 Å². The van der Waals surface area contributed by atoms with Gasteiger partial charge in [-0.3, -0.25) is 14.2 Å². The highest BCUT2D eigenvalue weighted by molar-refractivity contribution is 6.31. The van der Waals surface area contributed by atoms with Crippen LogP contribution in [0.3, 0.4) is 0 Å². The largest absolute Gasteiger partial charge is 0.338 e. The molecule has 0 saturated heterocycles. The van der Waals surface area contributed by atoms with Crippen LogP contribution in [0.2, 0.25) is 10.0 Å². The van der Waals surface area contributed by atoms with E-state index < -0.39 is 0 Å². The van der Waals surface area contributed by atoms with Crippen LogP contribution in [0.5, 0.6) is 0 Å². The van der Waals surface area contributed by atoms with Crippen molar-refractivity contribution in [2.75, 3.05) is 7.05 Å². The van der Waals surface area contributed by atoms with Crippen LogP contribution in [-0.4, -0.2) is 37.4 Å². The first-order valence-electron chi connectivity index (χ1n) is 5.98. The molecule has 108 valence electrons. The maximum atomic E-state index is 12.2. The van der Waals surface area contributed by atoms with Crippen molar-refractivity contribution in [2.45, 2.75) is 20.0 Å². The van der Waals surface area contributed by atoms with Gasteiger partial charge in [-0.05, 0) is 6.92 Å². The number of aryl methyl sites for hydroxylation is 1. The zero-order chi connectivity index (χ0) is 14.9. The fraction of sp³-hybridized carbons (Fsp3) is 0.417. The van der Waals surface area contributed by atoms with E-state index >= 15 is 0 Å². The van der Waals surface area contributed by atoms with Crippen molar-refractivity contribution in [3.8, 4) is 0 Å². The molecular formula is C12H15Cl2N5O. The van der Waals surface area contributed by atoms with Crippen molar-refractivity contribution in [1.82, 2.24) is 24.5 Å². The van der Waals surface area contributed by atoms with Crippen LogP contribution in [0.25, 0.3) is 0 Å². The number of amides is 1. The van der Waals surface area contributed by atoms with E-state index in [0.717, 1.165) is 11.4 Å². The van der Waals surface area contributed by atoms with Gasteiger partial charge in [-0.25, -0.2) is 0 Å². The maximum Gasteiger partial charge on any atom is 0.244 e. The zero-order valence-electron chi connectivity index (χ0n) is 11.5. The Labute approximate surface area is 126 Å². The third-order valence-corrected chi connectivity index (χ3v) is 3.84. The summed E-state index contributed by atoms with van der Waals surface area (Å²) in [5.74, 6) is -0.0786. The summed E-state index contributed by atoms with van der Waals surface area (Å²) in [7, 11) is 3.50. The topological polar surface area (TPSA) is 56.0 Å². The second kappa shape index (κ2) is 5.85. The van der Waals surface area contributed by atoms with E-state index in [0.29, 0.717) is 16.6 Å². The minimum absolute atomic E-state index is 0.0786. The van der Waals surface area contributed by atoms with Gasteiger partial charge < -0.3 is 4.90 Å². The van der Waals surface area contributed by atoms with Gasteiger partial charge in [0.1, 0.15) is 6.54 Å². The van der Waals surface area contributed by atoms with E-state index in [1.807, 2.05) is 6.92 Å². The monoisotopic (exact) mass is 315 g/mol. The Hall–Kier alpha value is -1.53. The number of nitrogens with zero attached hydrogens (tertiary/aromatic N) is 5. The number of aromatic nitrogens is 4. The van der Waals surface area contributed by atoms with Gasteiger partial charge in [0.15, 0.2) is 0 Å². The molecule has 0 saturated carbocycles. The molecule has 0 N–H and O–H groups in total. The summed E-state index contributed by atoms with van der Waals surface area (Å²) in [6.07, 6.45) is 3.09. The number of hydrogen-bond acceptors (Lipinski definition) is 3. The standard InChI is InChI=1S/C12H15Cl2N5O/c1-8-9(13)4-16-19(8)7-12(20)17(2)6-11-10(14)5-15-18(11)3/h4-5H,6-7H2,1-3H3. The summed E-state index contributed by atoms with van der Waals surface area (Å²) >= 11 is 11.9. The molecule has 0 bridgehead atoms. The third-order valence-electron chi connectivity index (χ3n) is 3.15. The quantitative estimate of drug-likeness (QED) is 0.865. The van der Waals surface area contributed by atoms with Crippen LogP contribution in [0.1, 0.15) is 11.4 Å². The molecule has 2 heterocycles. The van der Waals surface area contributed by atoms with Crippen LogP contribution in [0.15, 0.2) is 12.4 Å². The first-order chi connectivity index (χ1) is 9.40. The van der Waals surface area contributed by atoms with Crippen molar-refractivity contribution in [1.29, 1.82) is 0 Å². The van der Waals surface area contributed by atoms with Gasteiger partial charge in [-0.2, -0.15) is 10.2 Å². The van der Waals surface area contributed by atoms with Crippen LogP contribution in [0.4, 0.5) is 0 Å². The Morgan fingerprint density at radius 2 is 1.95 bits per heavy atom. The minimum Gasteiger partial charge on any atom is -0.338 e. The summed E-state index contributed by atoms with van der Waals surface area (Å²) in [6, 6.07) is 0. The van der Waals surface area contributed by atoms with E-state index in [1.54, 1.807) is 34.6 Å². The normalized spacial score (nSPS) is 10.8. The van der Waals surface area contributed by atoms with E-state index in [4.69, 9.17) is 23.2 Å². The highest BCUT2D eigenvalue weighted by Gasteiger charge is 2.16. The summed E-state index contributed by atoms with van der Waals surface area (Å²) in [5, 5.41) is 9.20. The van der Waals surface area contributed by atoms with Gasteiger partial charge in [0, 0.05) is 14.1 Å². The smallest absolute Gasteiger partial charge is 0.244 e. The second-order valence-corrected chi connectivity index (χ2v) is 5.36. The van der Waals surface area contributed by atoms with E-state index in [1.165, 1.54) is 6.20 Å². The first kappa shape index (κ1) is 14.9. The molecule has 0 atom stereocenters. The lowest BCUT2D eigenvalue weighted by Crippen LogP contribution is -2.31. The molecule has 0 aliphatic heterocycles. The summed E-state index contributed by atoms with van der Waals surface area (Å²) in [6.45, 7) is 2.35. The zero-order valence-corrected chi connectivity index (χ0v) is 13.0. The SMILES string of the molecule is Cc1c(Cl)cnn1CC(=O)N(C)Cc1c(Cl)cnn1C. The van der Waals surface area contributed by atoms with E-state index in [9.17, 15) is 4.79 Å². The lowest BCUT2D eigenvalue weighted by Gasteiger charge is -2.18. The molecule has 2 aromatic heterocycles. The second-order valence-electron chi connectivity index (χ2n) is 4.55. The van der Waals surface area contributed by atoms with Crippen molar-refractivity contribution >= 4 is 29.1 Å². The number of rotatable bonds is 4. The minimum atomic E-state index is -0.0786. The number of hydrogen-bond donors (Lipinski definition) is 0. The van der Waals surface area contributed by atoms with Crippen LogP contribution >= 0.6 is 23.2 Å². The highest BCUT2D eigenvalue weighted by atomic mass is 35.5. The third kappa shape index (κ3) is 2.96. The summed E-state index contributed by atoms with van der Waals surface area (Å²) in [4.78, 5) is 13.8. The number of carbonyl (C=O) groups excluding carboxylic acids is 1. The molecule has 0 unspecified atom stereocenters. The Morgan fingerprint density at radius 1 is 1.30 bits per heavy atom. The molecule has 20 heavy (non-hydrogen) atoms. The fourth-order valence-electron chi connectivity index (χ4n) is 1.76. The first-order valence-corrected chi connectivity index (χ1v) is 6.74. The molecule has 0 aliphatic carbocycles. The van der Waals surface area contributed by atoms with E-state index in [-0.39, 0.29) is 12.5 Å². The molecule has 1 amide bonds. The average molecular weight is 316 g/mol. The number of likely N-dealkylation sites (N-methyl/N-ethyl adjacent to an activating group) is 1. The van der Waals surface area contributed by atoms with Gasteiger partial charge in [-0.15, -0.1) is 0 Å². The van der Waals surface area contributed by atoms with Crippen LogP contribution in [0, 0.1) is 6.92 Å². The molecule has 0 radical (unpaired) electrons. The molecule has 2 aromatic rings.